The zero-order chi connectivity index (χ0) is 7.98. The van der Waals surface area contributed by atoms with E-state index in [1.807, 2.05) is 6.92 Å². The van der Waals surface area contributed by atoms with Gasteiger partial charge in [0.15, 0.2) is 0 Å². The van der Waals surface area contributed by atoms with Gasteiger partial charge >= 0.3 is 0 Å². The normalized spacial score (nSPS) is 13.0. The average Bonchev–Trinajstić information content (AvgIpc) is 1.88. The Morgan fingerprint density at radius 1 is 1.40 bits per heavy atom. The zero-order valence-corrected chi connectivity index (χ0v) is 6.63. The van der Waals surface area contributed by atoms with E-state index in [1.165, 1.54) is 12.4 Å². The van der Waals surface area contributed by atoms with Crippen LogP contribution in [0.2, 0.25) is 0 Å². The van der Waals surface area contributed by atoms with Crippen LogP contribution >= 0.6 is 0 Å². The second-order valence-corrected chi connectivity index (χ2v) is 2.35. The first kappa shape index (κ1) is 9.01. The van der Waals surface area contributed by atoms with Crippen molar-refractivity contribution in [2.45, 2.75) is 20.8 Å². The molecule has 10 heavy (non-hydrogen) atoms. The summed E-state index contributed by atoms with van der Waals surface area (Å²) in [6.07, 6.45) is 2.88. The van der Waals surface area contributed by atoms with E-state index in [2.05, 4.69) is 24.0 Å². The molecule has 0 aliphatic rings. The molecule has 0 bridgehead atoms. The van der Waals surface area contributed by atoms with E-state index in [1.54, 1.807) is 0 Å². The highest BCUT2D eigenvalue weighted by Crippen LogP contribution is 1.95. The molecule has 0 spiro atoms. The molecule has 0 aromatic carbocycles. The lowest BCUT2D eigenvalue weighted by molar-refractivity contribution is 0.878. The summed E-state index contributed by atoms with van der Waals surface area (Å²) in [5.41, 5.74) is 7.48. The van der Waals surface area contributed by atoms with Gasteiger partial charge in [0.05, 0.1) is 6.20 Å². The van der Waals surface area contributed by atoms with Crippen LogP contribution in [0.25, 0.3) is 0 Å². The average molecular weight is 139 g/mol. The van der Waals surface area contributed by atoms with Gasteiger partial charge in [-0.25, -0.2) is 5.53 Å². The summed E-state index contributed by atoms with van der Waals surface area (Å²) in [7, 11) is 0. The highest BCUT2D eigenvalue weighted by atomic mass is 14.9. The molecule has 0 aromatic heterocycles. The number of hydrogen-bond donors (Lipinski definition) is 1. The monoisotopic (exact) mass is 139 g/mol. The Kier molecular flexibility index (Phi) is 4.37. The van der Waals surface area contributed by atoms with E-state index < -0.39 is 0 Å². The molecule has 0 aromatic rings. The molecule has 3 nitrogen and oxygen atoms in total. The third-order valence-corrected chi connectivity index (χ3v) is 1.25. The van der Waals surface area contributed by atoms with Gasteiger partial charge in [-0.3, -0.25) is 4.99 Å². The van der Waals surface area contributed by atoms with Crippen molar-refractivity contribution in [3.05, 3.63) is 12.4 Å². The standard InChI is InChI=1S/C7H13N3/c1-6(2)7(3)9-4-5-10-8/h4-6,8H,1-3H3/b5-4-,9-7?,10-8?. The summed E-state index contributed by atoms with van der Waals surface area (Å²) < 4.78 is 0. The van der Waals surface area contributed by atoms with Gasteiger partial charge in [0.1, 0.15) is 0 Å². The maximum Gasteiger partial charge on any atom is 0.0671 e. The second kappa shape index (κ2) is 4.85. The number of hydrogen-bond acceptors (Lipinski definition) is 3. The van der Waals surface area contributed by atoms with Crippen molar-refractivity contribution < 1.29 is 0 Å². The van der Waals surface area contributed by atoms with Crippen LogP contribution in [-0.2, 0) is 0 Å². The minimum Gasteiger partial charge on any atom is -0.264 e. The van der Waals surface area contributed by atoms with Crippen molar-refractivity contribution in [3.63, 3.8) is 0 Å². The molecule has 0 fully saturated rings. The predicted molar refractivity (Wildman–Crippen MR) is 42.2 cm³/mol. The van der Waals surface area contributed by atoms with E-state index in [9.17, 15) is 0 Å². The zero-order valence-electron chi connectivity index (χ0n) is 6.63. The molecule has 0 atom stereocenters. The lowest BCUT2D eigenvalue weighted by Crippen LogP contribution is -1.99. The largest absolute Gasteiger partial charge is 0.264 e. The van der Waals surface area contributed by atoms with Crippen LogP contribution in [0.4, 0.5) is 0 Å². The molecular formula is C7H13N3. The Balaban J connectivity index is 3.91. The van der Waals surface area contributed by atoms with Crippen molar-refractivity contribution in [2.75, 3.05) is 0 Å². The molecule has 0 unspecified atom stereocenters. The summed E-state index contributed by atoms with van der Waals surface area (Å²) in [5, 5.41) is 3.03. The smallest absolute Gasteiger partial charge is 0.0671 e. The van der Waals surface area contributed by atoms with E-state index in [0.717, 1.165) is 5.71 Å². The molecular weight excluding hydrogens is 126 g/mol. The van der Waals surface area contributed by atoms with Gasteiger partial charge < -0.3 is 0 Å². The van der Waals surface area contributed by atoms with Gasteiger partial charge in [-0.15, -0.1) is 0 Å². The van der Waals surface area contributed by atoms with Gasteiger partial charge in [0.25, 0.3) is 0 Å². The van der Waals surface area contributed by atoms with Crippen LogP contribution < -0.4 is 0 Å². The van der Waals surface area contributed by atoms with Crippen LogP contribution in [0, 0.1) is 11.4 Å². The third kappa shape index (κ3) is 3.95. The van der Waals surface area contributed by atoms with Gasteiger partial charge in [0, 0.05) is 11.9 Å². The van der Waals surface area contributed by atoms with Crippen LogP contribution in [0.5, 0.6) is 0 Å². The third-order valence-electron chi connectivity index (χ3n) is 1.25. The molecule has 0 amide bonds. The highest BCUT2D eigenvalue weighted by Gasteiger charge is 1.93. The Morgan fingerprint density at radius 3 is 2.40 bits per heavy atom. The van der Waals surface area contributed by atoms with E-state index in [0.29, 0.717) is 5.92 Å². The predicted octanol–water partition coefficient (Wildman–Crippen LogP) is 2.61. The Morgan fingerprint density at radius 2 is 2.00 bits per heavy atom. The van der Waals surface area contributed by atoms with Crippen molar-refractivity contribution in [1.82, 2.24) is 0 Å². The lowest BCUT2D eigenvalue weighted by atomic mass is 10.1. The molecule has 0 heterocycles. The fourth-order valence-electron chi connectivity index (χ4n) is 0.333. The maximum absolute atomic E-state index is 6.42. The Labute approximate surface area is 61.4 Å². The van der Waals surface area contributed by atoms with Crippen molar-refractivity contribution in [1.29, 1.82) is 5.53 Å². The minimum absolute atomic E-state index is 0.468. The summed E-state index contributed by atoms with van der Waals surface area (Å²) >= 11 is 0. The van der Waals surface area contributed by atoms with Gasteiger partial charge in [0.2, 0.25) is 0 Å². The molecule has 0 saturated carbocycles. The molecule has 0 radical (unpaired) electrons. The van der Waals surface area contributed by atoms with E-state index in [-0.39, 0.29) is 0 Å². The minimum atomic E-state index is 0.468. The van der Waals surface area contributed by atoms with Gasteiger partial charge in [-0.1, -0.05) is 13.8 Å². The first-order chi connectivity index (χ1) is 4.68. The quantitative estimate of drug-likeness (QED) is 0.461. The number of rotatable bonds is 3. The fourth-order valence-corrected chi connectivity index (χ4v) is 0.333. The molecule has 3 heteroatoms. The maximum atomic E-state index is 6.42. The Bertz CT molecular complexity index is 156. The van der Waals surface area contributed by atoms with Crippen molar-refractivity contribution in [3.8, 4) is 0 Å². The molecule has 0 rings (SSSR count). The summed E-state index contributed by atoms with van der Waals surface area (Å²) in [6.45, 7) is 6.11. The van der Waals surface area contributed by atoms with Crippen molar-refractivity contribution >= 4 is 5.71 Å². The van der Waals surface area contributed by atoms with E-state index >= 15 is 0 Å². The second-order valence-electron chi connectivity index (χ2n) is 2.35. The Hall–Kier alpha value is -0.990. The molecule has 0 aliphatic carbocycles. The summed E-state index contributed by atoms with van der Waals surface area (Å²) in [6, 6.07) is 0. The highest BCUT2D eigenvalue weighted by molar-refractivity contribution is 5.84. The molecule has 0 aliphatic heterocycles. The topological polar surface area (TPSA) is 48.6 Å². The lowest BCUT2D eigenvalue weighted by Gasteiger charge is -1.99. The van der Waals surface area contributed by atoms with Crippen LogP contribution in [0.1, 0.15) is 20.8 Å². The molecule has 1 N–H and O–H groups in total. The number of nitrogens with zero attached hydrogens (tertiary/aromatic N) is 2. The van der Waals surface area contributed by atoms with Crippen LogP contribution in [-0.4, -0.2) is 5.71 Å². The van der Waals surface area contributed by atoms with Gasteiger partial charge in [-0.05, 0) is 12.8 Å². The first-order valence-electron chi connectivity index (χ1n) is 3.24. The van der Waals surface area contributed by atoms with Crippen LogP contribution in [0.3, 0.4) is 0 Å². The first-order valence-corrected chi connectivity index (χ1v) is 3.24. The van der Waals surface area contributed by atoms with Crippen LogP contribution in [0.15, 0.2) is 22.5 Å². The molecule has 56 valence electrons. The van der Waals surface area contributed by atoms with E-state index in [4.69, 9.17) is 5.53 Å². The number of nitrogens with one attached hydrogen (secondary N) is 1. The van der Waals surface area contributed by atoms with Gasteiger partial charge in [-0.2, -0.15) is 5.11 Å². The fraction of sp³-hybridized carbons (Fsp3) is 0.571. The summed E-state index contributed by atoms with van der Waals surface area (Å²) in [4.78, 5) is 4.04. The van der Waals surface area contributed by atoms with Crippen molar-refractivity contribution in [2.24, 2.45) is 16.0 Å². The number of aliphatic imine (C=N–C) groups is 1. The summed E-state index contributed by atoms with van der Waals surface area (Å²) in [5.74, 6) is 0.468. The molecule has 0 saturated heterocycles. The SMILES string of the molecule is CC(=N/C=C\N=N)C(C)C.